The monoisotopic (exact) mass is 237 g/mol. The molecule has 0 aliphatic rings. The number of nitrogen functional groups attached to an aromatic ring is 1. The quantitative estimate of drug-likeness (QED) is 0.873. The average molecular weight is 238 g/mol. The zero-order valence-corrected chi connectivity index (χ0v) is 9.08. The van der Waals surface area contributed by atoms with Gasteiger partial charge in [0.2, 0.25) is 0 Å². The van der Waals surface area contributed by atoms with Crippen LogP contribution in [-0.4, -0.2) is 9.97 Å². The molecule has 82 valence electrons. The number of hydrogen-bond donors (Lipinski definition) is 1. The largest absolute Gasteiger partial charge is 0.396 e. The lowest BCUT2D eigenvalue weighted by molar-refractivity contribution is 0.612. The van der Waals surface area contributed by atoms with Gasteiger partial charge in [0, 0.05) is 6.42 Å². The van der Waals surface area contributed by atoms with E-state index < -0.39 is 5.82 Å². The number of anilines is 1. The summed E-state index contributed by atoms with van der Waals surface area (Å²) in [6.45, 7) is 0. The molecular weight excluding hydrogens is 229 g/mol. The van der Waals surface area contributed by atoms with Crippen LogP contribution in [0, 0.1) is 5.82 Å². The first-order valence-corrected chi connectivity index (χ1v) is 5.04. The summed E-state index contributed by atoms with van der Waals surface area (Å²) in [7, 11) is 0. The van der Waals surface area contributed by atoms with Crippen molar-refractivity contribution in [1.29, 1.82) is 0 Å². The Labute approximate surface area is 97.1 Å². The number of aromatic nitrogens is 2. The van der Waals surface area contributed by atoms with Gasteiger partial charge in [0.05, 0.1) is 23.1 Å². The molecule has 2 rings (SSSR count). The van der Waals surface area contributed by atoms with Crippen LogP contribution in [0.25, 0.3) is 0 Å². The molecule has 0 amide bonds. The molecule has 5 heteroatoms. The van der Waals surface area contributed by atoms with E-state index in [0.717, 1.165) is 0 Å². The van der Waals surface area contributed by atoms with Gasteiger partial charge in [-0.2, -0.15) is 0 Å². The highest BCUT2D eigenvalue weighted by molar-refractivity contribution is 6.30. The van der Waals surface area contributed by atoms with Crippen molar-refractivity contribution in [2.45, 2.75) is 6.42 Å². The maximum Gasteiger partial charge on any atom is 0.145 e. The predicted molar refractivity (Wildman–Crippen MR) is 60.7 cm³/mol. The Morgan fingerprint density at radius 1 is 1.25 bits per heavy atom. The van der Waals surface area contributed by atoms with Crippen molar-refractivity contribution in [3.8, 4) is 0 Å². The maximum atomic E-state index is 13.6. The van der Waals surface area contributed by atoms with E-state index in [0.29, 0.717) is 23.5 Å². The molecule has 0 aliphatic heterocycles. The standard InChI is InChI=1S/C11H9ClFN3/c12-9-3-1-2-7(11(9)13)4-10-15-5-8(14)6-16-10/h1-3,5-6H,4,14H2. The summed E-state index contributed by atoms with van der Waals surface area (Å²) in [5.74, 6) is 0.0833. The lowest BCUT2D eigenvalue weighted by atomic mass is 10.1. The minimum absolute atomic E-state index is 0.105. The first kappa shape index (κ1) is 10.8. The smallest absolute Gasteiger partial charge is 0.145 e. The molecular formula is C11H9ClFN3. The van der Waals surface area contributed by atoms with Gasteiger partial charge in [-0.1, -0.05) is 23.7 Å². The van der Waals surface area contributed by atoms with Crippen LogP contribution in [0.1, 0.15) is 11.4 Å². The summed E-state index contributed by atoms with van der Waals surface area (Å²) < 4.78 is 13.6. The molecule has 0 saturated heterocycles. The molecule has 2 aromatic rings. The molecule has 0 bridgehead atoms. The number of benzene rings is 1. The number of nitrogens with two attached hydrogens (primary N) is 1. The summed E-state index contributed by atoms with van der Waals surface area (Å²) >= 11 is 5.67. The van der Waals surface area contributed by atoms with E-state index in [-0.39, 0.29) is 5.02 Å². The van der Waals surface area contributed by atoms with Crippen LogP contribution in [0.3, 0.4) is 0 Å². The fourth-order valence-electron chi connectivity index (χ4n) is 1.31. The zero-order chi connectivity index (χ0) is 11.5. The third kappa shape index (κ3) is 2.28. The second-order valence-electron chi connectivity index (χ2n) is 3.32. The van der Waals surface area contributed by atoms with Crippen molar-refractivity contribution in [3.63, 3.8) is 0 Å². The Bertz CT molecular complexity index is 499. The van der Waals surface area contributed by atoms with E-state index in [1.165, 1.54) is 18.5 Å². The van der Waals surface area contributed by atoms with E-state index in [4.69, 9.17) is 17.3 Å². The number of halogens is 2. The molecule has 3 nitrogen and oxygen atoms in total. The number of nitrogens with zero attached hydrogens (tertiary/aromatic N) is 2. The van der Waals surface area contributed by atoms with Gasteiger partial charge in [-0.25, -0.2) is 14.4 Å². The Hall–Kier alpha value is -1.68. The third-order valence-electron chi connectivity index (χ3n) is 2.11. The van der Waals surface area contributed by atoms with Crippen molar-refractivity contribution < 1.29 is 4.39 Å². The average Bonchev–Trinajstić information content (AvgIpc) is 2.28. The van der Waals surface area contributed by atoms with Gasteiger partial charge in [-0.15, -0.1) is 0 Å². The Morgan fingerprint density at radius 2 is 1.94 bits per heavy atom. The molecule has 16 heavy (non-hydrogen) atoms. The molecule has 1 aromatic heterocycles. The van der Waals surface area contributed by atoms with Crippen molar-refractivity contribution >= 4 is 17.3 Å². The second-order valence-corrected chi connectivity index (χ2v) is 3.73. The highest BCUT2D eigenvalue weighted by Gasteiger charge is 2.08. The Kier molecular flexibility index (Phi) is 3.01. The second kappa shape index (κ2) is 4.45. The van der Waals surface area contributed by atoms with Crippen LogP contribution >= 0.6 is 11.6 Å². The van der Waals surface area contributed by atoms with Crippen molar-refractivity contribution in [2.75, 3.05) is 5.73 Å². The molecule has 0 fully saturated rings. The lowest BCUT2D eigenvalue weighted by Gasteiger charge is -2.03. The third-order valence-corrected chi connectivity index (χ3v) is 2.40. The van der Waals surface area contributed by atoms with Gasteiger partial charge in [0.25, 0.3) is 0 Å². The summed E-state index contributed by atoms with van der Waals surface area (Å²) in [6.07, 6.45) is 3.28. The van der Waals surface area contributed by atoms with Crippen LogP contribution < -0.4 is 5.73 Å². The van der Waals surface area contributed by atoms with E-state index in [1.54, 1.807) is 12.1 Å². The van der Waals surface area contributed by atoms with E-state index in [1.807, 2.05) is 0 Å². The van der Waals surface area contributed by atoms with Crippen LogP contribution in [0.15, 0.2) is 30.6 Å². The molecule has 1 aromatic carbocycles. The highest BCUT2D eigenvalue weighted by atomic mass is 35.5. The van der Waals surface area contributed by atoms with Gasteiger partial charge < -0.3 is 5.73 Å². The van der Waals surface area contributed by atoms with E-state index in [2.05, 4.69) is 9.97 Å². The van der Waals surface area contributed by atoms with Crippen molar-refractivity contribution in [3.05, 3.63) is 52.8 Å². The molecule has 0 aliphatic carbocycles. The Morgan fingerprint density at radius 3 is 2.62 bits per heavy atom. The summed E-state index contributed by atoms with van der Waals surface area (Å²) in [5, 5.41) is 0.105. The fourth-order valence-corrected chi connectivity index (χ4v) is 1.51. The molecule has 2 N–H and O–H groups in total. The molecule has 0 atom stereocenters. The first-order chi connectivity index (χ1) is 7.66. The highest BCUT2D eigenvalue weighted by Crippen LogP contribution is 2.19. The van der Waals surface area contributed by atoms with Gasteiger partial charge in [-0.05, 0) is 11.6 Å². The molecule has 0 radical (unpaired) electrons. The van der Waals surface area contributed by atoms with Crippen LogP contribution in [0.2, 0.25) is 5.02 Å². The van der Waals surface area contributed by atoms with E-state index >= 15 is 0 Å². The van der Waals surface area contributed by atoms with Gasteiger partial charge in [0.1, 0.15) is 11.6 Å². The SMILES string of the molecule is Nc1cnc(Cc2cccc(Cl)c2F)nc1. The number of hydrogen-bond acceptors (Lipinski definition) is 3. The number of rotatable bonds is 2. The van der Waals surface area contributed by atoms with Crippen LogP contribution in [-0.2, 0) is 6.42 Å². The lowest BCUT2D eigenvalue weighted by Crippen LogP contribution is -2.00. The summed E-state index contributed by atoms with van der Waals surface area (Å²) in [5.41, 5.74) is 6.41. The van der Waals surface area contributed by atoms with Gasteiger partial charge >= 0.3 is 0 Å². The molecule has 0 saturated carbocycles. The molecule has 1 heterocycles. The minimum atomic E-state index is -0.426. The predicted octanol–water partition coefficient (Wildman–Crippen LogP) is 2.44. The molecule has 0 unspecified atom stereocenters. The maximum absolute atomic E-state index is 13.6. The fraction of sp³-hybridized carbons (Fsp3) is 0.0909. The van der Waals surface area contributed by atoms with Crippen LogP contribution in [0.5, 0.6) is 0 Å². The summed E-state index contributed by atoms with van der Waals surface area (Å²) in [6, 6.07) is 4.85. The van der Waals surface area contributed by atoms with Crippen LogP contribution in [0.4, 0.5) is 10.1 Å². The molecule has 0 spiro atoms. The van der Waals surface area contributed by atoms with Gasteiger partial charge in [-0.3, -0.25) is 0 Å². The van der Waals surface area contributed by atoms with Crippen molar-refractivity contribution in [1.82, 2.24) is 9.97 Å². The normalized spacial score (nSPS) is 10.4. The van der Waals surface area contributed by atoms with Crippen molar-refractivity contribution in [2.24, 2.45) is 0 Å². The topological polar surface area (TPSA) is 51.8 Å². The minimum Gasteiger partial charge on any atom is -0.396 e. The van der Waals surface area contributed by atoms with Gasteiger partial charge in [0.15, 0.2) is 0 Å². The van der Waals surface area contributed by atoms with E-state index in [9.17, 15) is 4.39 Å². The first-order valence-electron chi connectivity index (χ1n) is 4.66. The Balaban J connectivity index is 2.27. The summed E-state index contributed by atoms with van der Waals surface area (Å²) in [4.78, 5) is 8.00. The zero-order valence-electron chi connectivity index (χ0n) is 8.32.